The van der Waals surface area contributed by atoms with Crippen molar-refractivity contribution in [3.05, 3.63) is 53.7 Å². The third-order valence-corrected chi connectivity index (χ3v) is 5.42. The second-order valence-corrected chi connectivity index (χ2v) is 6.97. The fourth-order valence-corrected chi connectivity index (χ4v) is 4.15. The van der Waals surface area contributed by atoms with E-state index in [1.807, 2.05) is 40.9 Å². The number of pyridine rings is 1. The molecule has 2 aromatic rings. The highest BCUT2D eigenvalue weighted by Gasteiger charge is 2.25. The number of para-hydroxylation sites is 1. The molecule has 1 aromatic carbocycles. The van der Waals surface area contributed by atoms with E-state index in [-0.39, 0.29) is 12.0 Å². The molecule has 1 atom stereocenters. The summed E-state index contributed by atoms with van der Waals surface area (Å²) in [5, 5.41) is 0. The maximum Gasteiger partial charge on any atom is 0.259 e. The van der Waals surface area contributed by atoms with Crippen molar-refractivity contribution in [2.24, 2.45) is 0 Å². The maximum atomic E-state index is 12.7. The molecular weight excluding hydrogens is 308 g/mol. The highest BCUT2D eigenvalue weighted by molar-refractivity contribution is 7.99. The zero-order valence-electron chi connectivity index (χ0n) is 12.8. The number of benzene rings is 1. The third-order valence-electron chi connectivity index (χ3n) is 4.29. The molecule has 2 aliphatic heterocycles. The van der Waals surface area contributed by atoms with Gasteiger partial charge in [-0.1, -0.05) is 18.2 Å². The molecule has 118 valence electrons. The number of amides is 1. The van der Waals surface area contributed by atoms with Gasteiger partial charge in [-0.15, -0.1) is 0 Å². The van der Waals surface area contributed by atoms with Gasteiger partial charge in [-0.25, -0.2) is 4.98 Å². The highest BCUT2D eigenvalue weighted by atomic mass is 32.2. The van der Waals surface area contributed by atoms with Gasteiger partial charge < -0.3 is 9.64 Å². The first-order valence-corrected chi connectivity index (χ1v) is 9.07. The summed E-state index contributed by atoms with van der Waals surface area (Å²) in [6.45, 7) is 0.732. The second kappa shape index (κ2) is 6.24. The Morgan fingerprint density at radius 1 is 1.26 bits per heavy atom. The van der Waals surface area contributed by atoms with Crippen LogP contribution in [0.25, 0.3) is 0 Å². The molecular formula is C18H18N2O2S. The van der Waals surface area contributed by atoms with Gasteiger partial charge in [-0.2, -0.15) is 11.8 Å². The van der Waals surface area contributed by atoms with Gasteiger partial charge in [0.15, 0.2) is 0 Å². The summed E-state index contributed by atoms with van der Waals surface area (Å²) in [4.78, 5) is 18.9. The number of carbonyl (C=O) groups excluding carboxylic acids is 1. The summed E-state index contributed by atoms with van der Waals surface area (Å²) in [7, 11) is 0. The van der Waals surface area contributed by atoms with Gasteiger partial charge in [0.1, 0.15) is 6.10 Å². The van der Waals surface area contributed by atoms with Gasteiger partial charge in [0.25, 0.3) is 5.91 Å². The highest BCUT2D eigenvalue weighted by Crippen LogP contribution is 2.29. The summed E-state index contributed by atoms with van der Waals surface area (Å²) in [6, 6.07) is 11.7. The van der Waals surface area contributed by atoms with E-state index in [0.29, 0.717) is 11.4 Å². The predicted molar refractivity (Wildman–Crippen MR) is 92.4 cm³/mol. The Balaban J connectivity index is 1.49. The first-order chi connectivity index (χ1) is 11.3. The van der Waals surface area contributed by atoms with Crippen LogP contribution < -0.4 is 9.64 Å². The van der Waals surface area contributed by atoms with E-state index in [9.17, 15) is 4.79 Å². The quantitative estimate of drug-likeness (QED) is 0.869. The number of rotatable bonds is 3. The van der Waals surface area contributed by atoms with E-state index < -0.39 is 0 Å². The van der Waals surface area contributed by atoms with E-state index >= 15 is 0 Å². The molecule has 3 heterocycles. The number of hydrogen-bond donors (Lipinski definition) is 0. The van der Waals surface area contributed by atoms with Crippen LogP contribution in [0.3, 0.4) is 0 Å². The van der Waals surface area contributed by atoms with E-state index in [1.165, 1.54) is 5.56 Å². The molecule has 1 aromatic heterocycles. The molecule has 0 saturated carbocycles. The number of carbonyl (C=O) groups is 1. The molecule has 0 spiro atoms. The Morgan fingerprint density at radius 2 is 2.17 bits per heavy atom. The second-order valence-electron chi connectivity index (χ2n) is 5.82. The molecule has 2 aliphatic rings. The number of nitrogens with zero attached hydrogens (tertiary/aromatic N) is 2. The summed E-state index contributed by atoms with van der Waals surface area (Å²) in [5.74, 6) is 2.78. The van der Waals surface area contributed by atoms with Crippen molar-refractivity contribution in [2.75, 3.05) is 23.0 Å². The molecule has 4 nitrogen and oxygen atoms in total. The van der Waals surface area contributed by atoms with Crippen LogP contribution in [0.5, 0.6) is 5.88 Å². The van der Waals surface area contributed by atoms with Gasteiger partial charge in [0.2, 0.25) is 5.88 Å². The Kier molecular flexibility index (Phi) is 3.95. The number of thioether (sulfide) groups is 1. The van der Waals surface area contributed by atoms with Crippen molar-refractivity contribution < 1.29 is 9.53 Å². The van der Waals surface area contributed by atoms with E-state index in [4.69, 9.17) is 4.74 Å². The number of fused-ring (bicyclic) bond motifs is 1. The van der Waals surface area contributed by atoms with Gasteiger partial charge in [-0.3, -0.25) is 4.79 Å². The lowest BCUT2D eigenvalue weighted by Crippen LogP contribution is -2.29. The Bertz CT molecular complexity index is 711. The van der Waals surface area contributed by atoms with Gasteiger partial charge in [0, 0.05) is 30.2 Å². The average Bonchev–Trinajstić information content (AvgIpc) is 3.24. The fraction of sp³-hybridized carbons (Fsp3) is 0.333. The van der Waals surface area contributed by atoms with Crippen LogP contribution >= 0.6 is 11.8 Å². The Labute approximate surface area is 139 Å². The van der Waals surface area contributed by atoms with Gasteiger partial charge in [-0.05, 0) is 36.3 Å². The van der Waals surface area contributed by atoms with Crippen LogP contribution in [0.1, 0.15) is 22.3 Å². The molecule has 23 heavy (non-hydrogen) atoms. The molecule has 4 rings (SSSR count). The number of ether oxygens (including phenoxy) is 1. The van der Waals surface area contributed by atoms with Crippen molar-refractivity contribution in [3.63, 3.8) is 0 Å². The Morgan fingerprint density at radius 3 is 2.96 bits per heavy atom. The Hall–Kier alpha value is -2.01. The van der Waals surface area contributed by atoms with Crippen LogP contribution in [0, 0.1) is 0 Å². The predicted octanol–water partition coefficient (Wildman–Crippen LogP) is 3.17. The lowest BCUT2D eigenvalue weighted by molar-refractivity contribution is 0.0989. The summed E-state index contributed by atoms with van der Waals surface area (Å²) < 4.78 is 5.83. The zero-order valence-corrected chi connectivity index (χ0v) is 13.6. The SMILES string of the molecule is O=C(c1ccc(O[C@@H]2CCSC2)nc1)N1CCc2ccccc21. The third kappa shape index (κ3) is 2.93. The topological polar surface area (TPSA) is 42.4 Å². The molecule has 0 radical (unpaired) electrons. The minimum atomic E-state index is 0.00502. The minimum absolute atomic E-state index is 0.00502. The van der Waals surface area contributed by atoms with E-state index in [1.54, 1.807) is 12.3 Å². The van der Waals surface area contributed by atoms with Crippen molar-refractivity contribution >= 4 is 23.4 Å². The molecule has 0 bridgehead atoms. The van der Waals surface area contributed by atoms with Crippen molar-refractivity contribution in [3.8, 4) is 5.88 Å². The van der Waals surface area contributed by atoms with Crippen LogP contribution in [-0.2, 0) is 6.42 Å². The van der Waals surface area contributed by atoms with Crippen LogP contribution in [0.2, 0.25) is 0 Å². The maximum absolute atomic E-state index is 12.7. The van der Waals surface area contributed by atoms with Gasteiger partial charge >= 0.3 is 0 Å². The lowest BCUT2D eigenvalue weighted by atomic mass is 10.2. The lowest BCUT2D eigenvalue weighted by Gasteiger charge is -2.17. The number of anilines is 1. The molecule has 0 aliphatic carbocycles. The first-order valence-electron chi connectivity index (χ1n) is 7.91. The molecule has 0 unspecified atom stereocenters. The van der Waals surface area contributed by atoms with Crippen LogP contribution in [-0.4, -0.2) is 35.0 Å². The average molecular weight is 326 g/mol. The standard InChI is InChI=1S/C18H18N2O2S/c21-18(20-9-7-13-3-1-2-4-16(13)20)14-5-6-17(19-11-14)22-15-8-10-23-12-15/h1-6,11,15H,7-10,12H2/t15-/m1/s1. The molecule has 0 N–H and O–H groups in total. The largest absolute Gasteiger partial charge is 0.473 e. The van der Waals surface area contributed by atoms with Crippen molar-refractivity contribution in [1.29, 1.82) is 0 Å². The van der Waals surface area contributed by atoms with Crippen molar-refractivity contribution in [1.82, 2.24) is 4.98 Å². The van der Waals surface area contributed by atoms with Crippen LogP contribution in [0.15, 0.2) is 42.6 Å². The number of aromatic nitrogens is 1. The van der Waals surface area contributed by atoms with E-state index in [0.717, 1.165) is 36.6 Å². The van der Waals surface area contributed by atoms with E-state index in [2.05, 4.69) is 11.1 Å². The van der Waals surface area contributed by atoms with Gasteiger partial charge in [0.05, 0.1) is 5.56 Å². The number of hydrogen-bond acceptors (Lipinski definition) is 4. The van der Waals surface area contributed by atoms with Crippen molar-refractivity contribution in [2.45, 2.75) is 18.9 Å². The fourth-order valence-electron chi connectivity index (χ4n) is 3.06. The summed E-state index contributed by atoms with van der Waals surface area (Å²) in [5.41, 5.74) is 2.85. The molecule has 1 fully saturated rings. The summed E-state index contributed by atoms with van der Waals surface area (Å²) in [6.07, 6.45) is 3.85. The smallest absolute Gasteiger partial charge is 0.259 e. The molecule has 1 saturated heterocycles. The monoisotopic (exact) mass is 326 g/mol. The molecule has 5 heteroatoms. The minimum Gasteiger partial charge on any atom is -0.473 e. The summed E-state index contributed by atoms with van der Waals surface area (Å²) >= 11 is 1.91. The normalized spacial score (nSPS) is 19.7. The first kappa shape index (κ1) is 14.6. The zero-order chi connectivity index (χ0) is 15.6. The molecule has 1 amide bonds. The van der Waals surface area contributed by atoms with Crippen LogP contribution in [0.4, 0.5) is 5.69 Å².